The quantitative estimate of drug-likeness (QED) is 0.371. The highest BCUT2D eigenvalue weighted by molar-refractivity contribution is 6.10. The van der Waals surface area contributed by atoms with Crippen LogP contribution in [-0.2, 0) is 19.1 Å². The molecule has 5 atom stereocenters. The van der Waals surface area contributed by atoms with Gasteiger partial charge < -0.3 is 20.7 Å². The molecule has 2 fully saturated rings. The van der Waals surface area contributed by atoms with E-state index in [2.05, 4.69) is 12.6 Å². The Kier molecular flexibility index (Phi) is 4.30. The van der Waals surface area contributed by atoms with Crippen LogP contribution in [0.5, 0.6) is 0 Å². The topological polar surface area (TPSA) is 151 Å². The van der Waals surface area contributed by atoms with Crippen LogP contribution < -0.4 is 5.73 Å². The summed E-state index contributed by atoms with van der Waals surface area (Å²) in [5.41, 5.74) is -2.29. The zero-order valence-corrected chi connectivity index (χ0v) is 16.3. The Hall–Kier alpha value is -2.40. The maximum absolute atomic E-state index is 13.2. The summed E-state index contributed by atoms with van der Waals surface area (Å²) in [4.78, 5) is 37.7. The van der Waals surface area contributed by atoms with Crippen LogP contribution in [0.25, 0.3) is 0 Å². The van der Waals surface area contributed by atoms with E-state index in [0.717, 1.165) is 0 Å². The Balaban J connectivity index is 2.93. The fourth-order valence-electron chi connectivity index (χ4n) is 5.57. The van der Waals surface area contributed by atoms with Gasteiger partial charge in [0.05, 0.1) is 22.9 Å². The molecule has 8 nitrogen and oxygen atoms in total. The van der Waals surface area contributed by atoms with Gasteiger partial charge in [-0.15, -0.1) is 0 Å². The standard InChI is InChI=1S/C19H26N2O6/c1-7-16(9-20)10(3)18(13(24)25,14(26)27-15(4,5)6)19(21)11(12(22)23)17(16,19)8-2/h11H,3,7-8,21H2,1-2,4-6H3,(H,22,23)(H,24,25)/t11-,16?,17+,18-,19-/m0/s1. The van der Waals surface area contributed by atoms with Crippen LogP contribution in [0.15, 0.2) is 12.2 Å². The molecule has 0 spiro atoms. The third-order valence-corrected chi connectivity index (χ3v) is 6.50. The zero-order chi connectivity index (χ0) is 21.2. The monoisotopic (exact) mass is 378 g/mol. The molecule has 0 radical (unpaired) electrons. The van der Waals surface area contributed by atoms with Gasteiger partial charge in [-0.25, -0.2) is 0 Å². The Labute approximate surface area is 158 Å². The maximum atomic E-state index is 13.2. The van der Waals surface area contributed by atoms with E-state index in [9.17, 15) is 29.9 Å². The number of aliphatic carboxylic acids is 2. The first-order valence-corrected chi connectivity index (χ1v) is 8.82. The minimum Gasteiger partial charge on any atom is -0.481 e. The average molecular weight is 378 g/mol. The first-order chi connectivity index (χ1) is 12.2. The number of esters is 1. The van der Waals surface area contributed by atoms with Gasteiger partial charge in [0, 0.05) is 5.41 Å². The van der Waals surface area contributed by atoms with E-state index in [1.165, 1.54) is 0 Å². The molecule has 0 aliphatic heterocycles. The van der Waals surface area contributed by atoms with E-state index >= 15 is 0 Å². The smallest absolute Gasteiger partial charge is 0.330 e. The van der Waals surface area contributed by atoms with E-state index in [1.54, 1.807) is 34.6 Å². The second-order valence-corrected chi connectivity index (χ2v) is 8.37. The van der Waals surface area contributed by atoms with Gasteiger partial charge in [0.2, 0.25) is 5.41 Å². The second-order valence-electron chi connectivity index (χ2n) is 8.37. The van der Waals surface area contributed by atoms with E-state index in [0.29, 0.717) is 0 Å². The highest BCUT2D eigenvalue weighted by Gasteiger charge is 2.99. The summed E-state index contributed by atoms with van der Waals surface area (Å²) < 4.78 is 5.36. The van der Waals surface area contributed by atoms with Crippen LogP contribution in [0.3, 0.4) is 0 Å². The van der Waals surface area contributed by atoms with Crippen molar-refractivity contribution in [3.8, 4) is 6.07 Å². The Morgan fingerprint density at radius 1 is 1.26 bits per heavy atom. The van der Waals surface area contributed by atoms with E-state index in [-0.39, 0.29) is 18.4 Å². The minimum absolute atomic E-state index is 0.0801. The Morgan fingerprint density at radius 2 is 1.78 bits per heavy atom. The van der Waals surface area contributed by atoms with Crippen molar-refractivity contribution in [2.75, 3.05) is 0 Å². The largest absolute Gasteiger partial charge is 0.481 e. The van der Waals surface area contributed by atoms with Gasteiger partial charge in [-0.2, -0.15) is 5.26 Å². The molecule has 4 N–H and O–H groups in total. The second kappa shape index (κ2) is 5.55. The molecule has 0 amide bonds. The van der Waals surface area contributed by atoms with Gasteiger partial charge in [-0.3, -0.25) is 14.4 Å². The van der Waals surface area contributed by atoms with Crippen molar-refractivity contribution < 1.29 is 29.3 Å². The molecule has 0 heterocycles. The predicted octanol–water partition coefficient (Wildman–Crippen LogP) is 1.70. The maximum Gasteiger partial charge on any atom is 0.330 e. The molecule has 0 aromatic heterocycles. The third-order valence-electron chi connectivity index (χ3n) is 6.50. The van der Waals surface area contributed by atoms with Crippen molar-refractivity contribution in [3.05, 3.63) is 12.2 Å². The molecule has 1 unspecified atom stereocenters. The number of fused-ring (bicyclic) bond motifs is 1. The summed E-state index contributed by atoms with van der Waals surface area (Å²) >= 11 is 0. The first-order valence-electron chi connectivity index (χ1n) is 8.82. The number of ether oxygens (including phenoxy) is 1. The molecule has 2 aliphatic rings. The van der Waals surface area contributed by atoms with Crippen LogP contribution in [0.1, 0.15) is 47.5 Å². The van der Waals surface area contributed by atoms with E-state index < -0.39 is 51.2 Å². The molecule has 2 aliphatic carbocycles. The predicted molar refractivity (Wildman–Crippen MR) is 94.2 cm³/mol. The summed E-state index contributed by atoms with van der Waals surface area (Å²) in [5, 5.41) is 30.0. The third kappa shape index (κ3) is 1.88. The number of nitrogens with two attached hydrogens (primary N) is 1. The van der Waals surface area contributed by atoms with Gasteiger partial charge >= 0.3 is 17.9 Å². The summed E-state index contributed by atoms with van der Waals surface area (Å²) in [6.45, 7) is 11.8. The molecular formula is C19H26N2O6. The Morgan fingerprint density at radius 3 is 2.07 bits per heavy atom. The number of carbonyl (C=O) groups excluding carboxylic acids is 1. The van der Waals surface area contributed by atoms with Crippen molar-refractivity contribution in [1.82, 2.24) is 0 Å². The molecule has 0 bridgehead atoms. The number of hydrogen-bond acceptors (Lipinski definition) is 6. The van der Waals surface area contributed by atoms with Crippen molar-refractivity contribution in [2.24, 2.45) is 27.9 Å². The molecule has 2 rings (SSSR count). The van der Waals surface area contributed by atoms with Crippen LogP contribution in [0.2, 0.25) is 0 Å². The molecule has 27 heavy (non-hydrogen) atoms. The lowest BCUT2D eigenvalue weighted by atomic mass is 9.63. The van der Waals surface area contributed by atoms with E-state index in [1.807, 2.05) is 0 Å². The van der Waals surface area contributed by atoms with Gasteiger partial charge in [0.15, 0.2) is 0 Å². The SMILES string of the molecule is C=C1C(C#N)(CC)[C@@]2(CC)[C@H](C(=O)O)[C@@]2(N)[C@@]1(C(=O)O)C(=O)OC(C)(C)C. The molecule has 8 heteroatoms. The molecular weight excluding hydrogens is 352 g/mol. The van der Waals surface area contributed by atoms with Crippen LogP contribution in [0.4, 0.5) is 0 Å². The average Bonchev–Trinajstić information content (AvgIpc) is 3.04. The molecule has 0 aromatic rings. The van der Waals surface area contributed by atoms with Crippen molar-refractivity contribution in [3.63, 3.8) is 0 Å². The van der Waals surface area contributed by atoms with Crippen LogP contribution >= 0.6 is 0 Å². The van der Waals surface area contributed by atoms with E-state index in [4.69, 9.17) is 10.5 Å². The first kappa shape index (κ1) is 20.9. The summed E-state index contributed by atoms with van der Waals surface area (Å²) in [6, 6.07) is 2.08. The van der Waals surface area contributed by atoms with Crippen molar-refractivity contribution >= 4 is 17.9 Å². The van der Waals surface area contributed by atoms with Gasteiger partial charge in [0.25, 0.3) is 0 Å². The number of carbonyl (C=O) groups is 3. The highest BCUT2D eigenvalue weighted by Crippen LogP contribution is 2.86. The summed E-state index contributed by atoms with van der Waals surface area (Å²) in [7, 11) is 0. The highest BCUT2D eigenvalue weighted by atomic mass is 16.6. The van der Waals surface area contributed by atoms with Crippen molar-refractivity contribution in [2.45, 2.75) is 58.6 Å². The minimum atomic E-state index is -2.52. The van der Waals surface area contributed by atoms with Gasteiger partial charge in [-0.05, 0) is 39.2 Å². The number of nitriles is 1. The van der Waals surface area contributed by atoms with Gasteiger partial charge in [0.1, 0.15) is 5.60 Å². The van der Waals surface area contributed by atoms with Crippen LogP contribution in [-0.4, -0.2) is 39.3 Å². The normalized spacial score (nSPS) is 40.0. The van der Waals surface area contributed by atoms with Crippen LogP contribution in [0, 0.1) is 33.5 Å². The lowest BCUT2D eigenvalue weighted by Crippen LogP contribution is -2.58. The number of hydrogen-bond donors (Lipinski definition) is 3. The molecule has 0 saturated heterocycles. The van der Waals surface area contributed by atoms with Crippen molar-refractivity contribution in [1.29, 1.82) is 5.26 Å². The summed E-state index contributed by atoms with van der Waals surface area (Å²) in [5.74, 6) is -5.55. The number of rotatable bonds is 5. The summed E-state index contributed by atoms with van der Waals surface area (Å²) in [6.07, 6.45) is 0.190. The van der Waals surface area contributed by atoms with Gasteiger partial charge in [-0.1, -0.05) is 20.4 Å². The lowest BCUT2D eigenvalue weighted by Gasteiger charge is -2.38. The zero-order valence-electron chi connectivity index (χ0n) is 16.3. The molecule has 0 aromatic carbocycles. The lowest BCUT2D eigenvalue weighted by molar-refractivity contribution is -0.176. The molecule has 2 saturated carbocycles. The number of carboxylic acid groups (broad SMARTS) is 2. The molecule has 148 valence electrons. The number of nitrogens with zero attached hydrogens (tertiary/aromatic N) is 1. The fraction of sp³-hybridized carbons (Fsp3) is 0.684. The fourth-order valence-corrected chi connectivity index (χ4v) is 5.57. The Bertz CT molecular complexity index is 793. The number of carboxylic acids is 2.